The summed E-state index contributed by atoms with van der Waals surface area (Å²) in [4.78, 5) is 7.97. The van der Waals surface area contributed by atoms with Crippen molar-refractivity contribution in [2.45, 2.75) is 10.8 Å². The van der Waals surface area contributed by atoms with Crippen molar-refractivity contribution in [2.24, 2.45) is 5.73 Å². The van der Waals surface area contributed by atoms with E-state index in [-0.39, 0.29) is 12.4 Å². The molecule has 2 N–H and O–H groups in total. The van der Waals surface area contributed by atoms with Crippen molar-refractivity contribution in [2.75, 3.05) is 6.54 Å². The second-order valence-electron chi connectivity index (χ2n) is 3.66. The van der Waals surface area contributed by atoms with Crippen LogP contribution in [0.15, 0.2) is 41.8 Å². The molecule has 0 atom stereocenters. The summed E-state index contributed by atoms with van der Waals surface area (Å²) < 4.78 is 13.5. The number of hydrogen-bond acceptors (Lipinski definition) is 4. The molecule has 0 aliphatic heterocycles. The molecule has 0 aliphatic rings. The minimum Gasteiger partial charge on any atom is -0.320 e. The first kappa shape index (κ1) is 13.5. The molecular formula is C14H12FN3S. The fourth-order valence-electron chi connectivity index (χ4n) is 1.43. The first-order chi connectivity index (χ1) is 9.29. The fraction of sp³-hybridized carbons (Fsp3) is 0.143. The number of hydrogen-bond donors (Lipinski definition) is 1. The van der Waals surface area contributed by atoms with Gasteiger partial charge in [-0.25, -0.2) is 14.4 Å². The van der Waals surface area contributed by atoms with Crippen LogP contribution in [0.25, 0.3) is 0 Å². The first-order valence-corrected chi connectivity index (χ1v) is 6.64. The zero-order chi connectivity index (χ0) is 13.5. The summed E-state index contributed by atoms with van der Waals surface area (Å²) >= 11 is 1.57. The molecule has 1 aromatic carbocycles. The van der Waals surface area contributed by atoms with Crippen LogP contribution in [0.4, 0.5) is 4.39 Å². The van der Waals surface area contributed by atoms with Crippen molar-refractivity contribution in [3.05, 3.63) is 53.7 Å². The second-order valence-corrected chi connectivity index (χ2v) is 4.65. The number of rotatable bonds is 3. The number of halogens is 1. The molecule has 0 bridgehead atoms. The highest BCUT2D eigenvalue weighted by molar-refractivity contribution is 7.98. The van der Waals surface area contributed by atoms with E-state index in [4.69, 9.17) is 5.73 Å². The summed E-state index contributed by atoms with van der Waals surface area (Å²) in [5, 5.41) is 0.883. The Kier molecular flexibility index (Phi) is 4.90. The molecule has 0 saturated heterocycles. The first-order valence-electron chi connectivity index (χ1n) is 5.66. The molecule has 0 saturated carbocycles. The van der Waals surface area contributed by atoms with E-state index in [2.05, 4.69) is 21.8 Å². The lowest BCUT2D eigenvalue weighted by molar-refractivity contribution is 0.624. The molecule has 2 aromatic rings. The third-order valence-corrected chi connectivity index (χ3v) is 3.31. The number of nitrogens with two attached hydrogens (primary N) is 1. The van der Waals surface area contributed by atoms with Gasteiger partial charge in [0, 0.05) is 11.9 Å². The maximum absolute atomic E-state index is 13.5. The maximum Gasteiger partial charge on any atom is 0.138 e. The van der Waals surface area contributed by atoms with Gasteiger partial charge >= 0.3 is 0 Å². The Hall–Kier alpha value is -1.90. The average molecular weight is 273 g/mol. The van der Waals surface area contributed by atoms with E-state index in [1.807, 2.05) is 6.07 Å². The van der Waals surface area contributed by atoms with E-state index in [9.17, 15) is 4.39 Å². The molecule has 0 amide bonds. The Morgan fingerprint density at radius 1 is 1.32 bits per heavy atom. The predicted octanol–water partition coefficient (Wildman–Crippen LogP) is 2.22. The van der Waals surface area contributed by atoms with Gasteiger partial charge in [-0.3, -0.25) is 0 Å². The Balaban J connectivity index is 2.09. The summed E-state index contributed by atoms with van der Waals surface area (Å²) in [6, 6.07) is 6.75. The third kappa shape index (κ3) is 4.05. The van der Waals surface area contributed by atoms with Crippen LogP contribution < -0.4 is 5.73 Å². The highest BCUT2D eigenvalue weighted by Crippen LogP contribution is 2.21. The van der Waals surface area contributed by atoms with E-state index in [0.29, 0.717) is 11.3 Å². The zero-order valence-electron chi connectivity index (χ0n) is 10.1. The summed E-state index contributed by atoms with van der Waals surface area (Å²) in [6.07, 6.45) is 3.20. The van der Waals surface area contributed by atoms with Gasteiger partial charge < -0.3 is 5.73 Å². The summed E-state index contributed by atoms with van der Waals surface area (Å²) in [7, 11) is 0. The minimum atomic E-state index is -0.322. The molecule has 2 rings (SSSR count). The standard InChI is InChI=1S/C14H12FN3S/c15-13-4-3-11(8-12(13)2-1-6-16)9-19-14-5-7-17-10-18-14/h3-5,7-8,10H,6,9,16H2. The van der Waals surface area contributed by atoms with Crippen molar-refractivity contribution in [1.29, 1.82) is 0 Å². The van der Waals surface area contributed by atoms with Crippen molar-refractivity contribution >= 4 is 11.8 Å². The normalized spacial score (nSPS) is 9.79. The van der Waals surface area contributed by atoms with Crippen LogP contribution in [0.3, 0.4) is 0 Å². The largest absolute Gasteiger partial charge is 0.320 e. The Morgan fingerprint density at radius 3 is 2.95 bits per heavy atom. The number of thioether (sulfide) groups is 1. The summed E-state index contributed by atoms with van der Waals surface area (Å²) in [6.45, 7) is 0.222. The van der Waals surface area contributed by atoms with E-state index >= 15 is 0 Å². The summed E-state index contributed by atoms with van der Waals surface area (Å²) in [5.74, 6) is 5.76. The third-order valence-electron chi connectivity index (χ3n) is 2.30. The van der Waals surface area contributed by atoms with Crippen LogP contribution in [0, 0.1) is 17.7 Å². The van der Waals surface area contributed by atoms with Crippen LogP contribution in [-0.2, 0) is 5.75 Å². The van der Waals surface area contributed by atoms with Gasteiger partial charge in [-0.1, -0.05) is 17.9 Å². The van der Waals surface area contributed by atoms with Crippen LogP contribution in [0.1, 0.15) is 11.1 Å². The predicted molar refractivity (Wildman–Crippen MR) is 73.9 cm³/mol. The zero-order valence-corrected chi connectivity index (χ0v) is 11.0. The lowest BCUT2D eigenvalue weighted by Gasteiger charge is -2.02. The Labute approximate surface area is 115 Å². The Bertz CT molecular complexity index is 605. The smallest absolute Gasteiger partial charge is 0.138 e. The maximum atomic E-state index is 13.5. The van der Waals surface area contributed by atoms with Gasteiger partial charge in [0.2, 0.25) is 0 Å². The molecule has 3 nitrogen and oxygen atoms in total. The highest BCUT2D eigenvalue weighted by atomic mass is 32.2. The molecule has 0 aliphatic carbocycles. The molecule has 0 unspecified atom stereocenters. The van der Waals surface area contributed by atoms with Gasteiger partial charge in [-0.15, -0.1) is 11.8 Å². The lowest BCUT2D eigenvalue weighted by Crippen LogP contribution is -1.94. The number of benzene rings is 1. The molecule has 1 heterocycles. The molecule has 1 aromatic heterocycles. The van der Waals surface area contributed by atoms with Gasteiger partial charge in [0.05, 0.1) is 17.1 Å². The fourth-order valence-corrected chi connectivity index (χ4v) is 2.20. The van der Waals surface area contributed by atoms with Crippen molar-refractivity contribution in [3.8, 4) is 11.8 Å². The van der Waals surface area contributed by atoms with Gasteiger partial charge in [0.25, 0.3) is 0 Å². The minimum absolute atomic E-state index is 0.222. The van der Waals surface area contributed by atoms with E-state index < -0.39 is 0 Å². The van der Waals surface area contributed by atoms with Crippen LogP contribution in [-0.4, -0.2) is 16.5 Å². The van der Waals surface area contributed by atoms with Crippen LogP contribution >= 0.6 is 11.8 Å². The monoisotopic (exact) mass is 273 g/mol. The van der Waals surface area contributed by atoms with E-state index in [0.717, 1.165) is 10.6 Å². The molecule has 5 heteroatoms. The van der Waals surface area contributed by atoms with E-state index in [1.54, 1.807) is 30.1 Å². The lowest BCUT2D eigenvalue weighted by atomic mass is 10.1. The van der Waals surface area contributed by atoms with Crippen molar-refractivity contribution in [3.63, 3.8) is 0 Å². The highest BCUT2D eigenvalue weighted by Gasteiger charge is 2.02. The molecular weight excluding hydrogens is 261 g/mol. The molecule has 0 radical (unpaired) electrons. The summed E-state index contributed by atoms with van der Waals surface area (Å²) in [5.41, 5.74) is 6.66. The molecule has 19 heavy (non-hydrogen) atoms. The quantitative estimate of drug-likeness (QED) is 0.529. The van der Waals surface area contributed by atoms with Crippen molar-refractivity contribution < 1.29 is 4.39 Å². The van der Waals surface area contributed by atoms with Gasteiger partial charge in [0.1, 0.15) is 12.1 Å². The van der Waals surface area contributed by atoms with Gasteiger partial charge in [-0.05, 0) is 23.8 Å². The Morgan fingerprint density at radius 2 is 2.21 bits per heavy atom. The second kappa shape index (κ2) is 6.88. The number of nitrogens with zero attached hydrogens (tertiary/aromatic N) is 2. The molecule has 0 spiro atoms. The molecule has 96 valence electrons. The average Bonchev–Trinajstić information content (AvgIpc) is 2.46. The van der Waals surface area contributed by atoms with Gasteiger partial charge in [0.15, 0.2) is 0 Å². The van der Waals surface area contributed by atoms with Crippen LogP contribution in [0.5, 0.6) is 0 Å². The van der Waals surface area contributed by atoms with Gasteiger partial charge in [-0.2, -0.15) is 0 Å². The SMILES string of the molecule is NCC#Cc1cc(CSc2ccncn2)ccc1F. The van der Waals surface area contributed by atoms with E-state index in [1.165, 1.54) is 12.4 Å². The van der Waals surface area contributed by atoms with Crippen molar-refractivity contribution in [1.82, 2.24) is 9.97 Å². The molecule has 0 fully saturated rings. The van der Waals surface area contributed by atoms with Crippen LogP contribution in [0.2, 0.25) is 0 Å². The topological polar surface area (TPSA) is 51.8 Å². The number of aromatic nitrogens is 2.